The van der Waals surface area contributed by atoms with Gasteiger partial charge in [-0.05, 0) is 45.0 Å². The number of aromatic nitrogens is 1. The largest absolute Gasteiger partial charge is 0.366 e. The molecule has 2 saturated heterocycles. The van der Waals surface area contributed by atoms with Crippen LogP contribution in [0.2, 0.25) is 0 Å². The molecule has 0 spiro atoms. The fourth-order valence-electron chi connectivity index (χ4n) is 3.54. The molecule has 2 unspecified atom stereocenters. The minimum atomic E-state index is 0.596. The smallest absolute Gasteiger partial charge is 0.0562 e. The van der Waals surface area contributed by atoms with E-state index in [1.807, 2.05) is 6.20 Å². The van der Waals surface area contributed by atoms with Crippen LogP contribution in [0, 0.1) is 0 Å². The zero-order valence-corrected chi connectivity index (χ0v) is 12.7. The van der Waals surface area contributed by atoms with Crippen molar-refractivity contribution >= 4 is 5.69 Å². The number of fused-ring (bicyclic) bond motifs is 1. The van der Waals surface area contributed by atoms with Crippen LogP contribution in [-0.4, -0.2) is 48.1 Å². The molecule has 2 aliphatic heterocycles. The average molecular weight is 274 g/mol. The number of nitrogens with zero attached hydrogens (tertiary/aromatic N) is 3. The second-order valence-electron chi connectivity index (χ2n) is 6.08. The van der Waals surface area contributed by atoms with E-state index in [-0.39, 0.29) is 0 Å². The molecule has 1 aromatic rings. The van der Waals surface area contributed by atoms with E-state index in [0.29, 0.717) is 6.04 Å². The van der Waals surface area contributed by atoms with Crippen molar-refractivity contribution in [2.45, 2.75) is 45.3 Å². The van der Waals surface area contributed by atoms with Gasteiger partial charge in [-0.15, -0.1) is 0 Å². The maximum atomic E-state index is 4.46. The zero-order valence-electron chi connectivity index (χ0n) is 12.7. The van der Waals surface area contributed by atoms with Gasteiger partial charge in [-0.1, -0.05) is 6.92 Å². The lowest BCUT2D eigenvalue weighted by Gasteiger charge is -2.43. The van der Waals surface area contributed by atoms with Crippen molar-refractivity contribution in [2.24, 2.45) is 0 Å². The van der Waals surface area contributed by atoms with Gasteiger partial charge >= 0.3 is 0 Å². The first kappa shape index (κ1) is 13.8. The summed E-state index contributed by atoms with van der Waals surface area (Å²) in [5, 5.41) is 3.35. The highest BCUT2D eigenvalue weighted by atomic mass is 15.3. The standard InChI is InChI=1S/C16H26N4/c1-3-17-10-14-9-15(6-7-18-14)20-12-16-5-4-8-19(16)11-13(20)2/h6-7,9,13,16-17H,3-5,8,10-12H2,1-2H3. The van der Waals surface area contributed by atoms with Gasteiger partial charge in [0.1, 0.15) is 0 Å². The molecular weight excluding hydrogens is 248 g/mol. The average Bonchev–Trinajstić information content (AvgIpc) is 2.91. The van der Waals surface area contributed by atoms with Crippen molar-refractivity contribution in [3.05, 3.63) is 24.0 Å². The number of rotatable bonds is 4. The summed E-state index contributed by atoms with van der Waals surface area (Å²) in [6.07, 6.45) is 4.68. The molecule has 2 fully saturated rings. The normalized spacial score (nSPS) is 26.8. The Bertz CT molecular complexity index is 448. The number of anilines is 1. The summed E-state index contributed by atoms with van der Waals surface area (Å²) < 4.78 is 0. The predicted octanol–water partition coefficient (Wildman–Crippen LogP) is 1.86. The van der Waals surface area contributed by atoms with Gasteiger partial charge in [0.05, 0.1) is 5.69 Å². The van der Waals surface area contributed by atoms with Crippen LogP contribution in [0.4, 0.5) is 5.69 Å². The molecule has 0 aromatic carbocycles. The van der Waals surface area contributed by atoms with Gasteiger partial charge in [0.25, 0.3) is 0 Å². The topological polar surface area (TPSA) is 31.4 Å². The Morgan fingerprint density at radius 1 is 1.40 bits per heavy atom. The van der Waals surface area contributed by atoms with Crippen LogP contribution in [0.5, 0.6) is 0 Å². The summed E-state index contributed by atoms with van der Waals surface area (Å²) >= 11 is 0. The van der Waals surface area contributed by atoms with E-state index < -0.39 is 0 Å². The second-order valence-corrected chi connectivity index (χ2v) is 6.08. The van der Waals surface area contributed by atoms with Gasteiger partial charge in [-0.3, -0.25) is 9.88 Å². The van der Waals surface area contributed by atoms with E-state index >= 15 is 0 Å². The SMILES string of the molecule is CCNCc1cc(N2CC3CCCN3CC2C)ccn1. The summed E-state index contributed by atoms with van der Waals surface area (Å²) in [5.74, 6) is 0. The Hall–Kier alpha value is -1.13. The Kier molecular flexibility index (Phi) is 4.22. The van der Waals surface area contributed by atoms with E-state index in [2.05, 4.69) is 46.1 Å². The third kappa shape index (κ3) is 2.81. The Morgan fingerprint density at radius 3 is 3.15 bits per heavy atom. The number of hydrogen-bond donors (Lipinski definition) is 1. The van der Waals surface area contributed by atoms with Crippen LogP contribution < -0.4 is 10.2 Å². The molecular formula is C16H26N4. The fourth-order valence-corrected chi connectivity index (χ4v) is 3.54. The van der Waals surface area contributed by atoms with Crippen molar-refractivity contribution in [1.82, 2.24) is 15.2 Å². The van der Waals surface area contributed by atoms with Gasteiger partial charge in [0, 0.05) is 43.6 Å². The van der Waals surface area contributed by atoms with Crippen LogP contribution in [-0.2, 0) is 6.54 Å². The highest BCUT2D eigenvalue weighted by Crippen LogP contribution is 2.28. The van der Waals surface area contributed by atoms with Crippen molar-refractivity contribution in [3.63, 3.8) is 0 Å². The van der Waals surface area contributed by atoms with Gasteiger partial charge in [0.2, 0.25) is 0 Å². The molecule has 110 valence electrons. The molecule has 4 nitrogen and oxygen atoms in total. The molecule has 20 heavy (non-hydrogen) atoms. The van der Waals surface area contributed by atoms with Crippen LogP contribution in [0.3, 0.4) is 0 Å². The third-order valence-electron chi connectivity index (χ3n) is 4.63. The highest BCUT2D eigenvalue weighted by Gasteiger charge is 2.34. The molecule has 4 heteroatoms. The van der Waals surface area contributed by atoms with Gasteiger partial charge in [0.15, 0.2) is 0 Å². The highest BCUT2D eigenvalue weighted by molar-refractivity contribution is 5.48. The minimum Gasteiger partial charge on any atom is -0.366 e. The van der Waals surface area contributed by atoms with E-state index in [0.717, 1.165) is 24.8 Å². The van der Waals surface area contributed by atoms with Crippen LogP contribution in [0.1, 0.15) is 32.4 Å². The summed E-state index contributed by atoms with van der Waals surface area (Å²) in [6.45, 7) is 10.0. The monoisotopic (exact) mass is 274 g/mol. The maximum Gasteiger partial charge on any atom is 0.0562 e. The van der Waals surface area contributed by atoms with E-state index in [1.54, 1.807) is 0 Å². The summed E-state index contributed by atoms with van der Waals surface area (Å²) in [5.41, 5.74) is 2.48. The number of pyridine rings is 1. The van der Waals surface area contributed by atoms with Crippen LogP contribution in [0.15, 0.2) is 18.3 Å². The Labute approximate surface area is 122 Å². The molecule has 2 aliphatic rings. The molecule has 0 radical (unpaired) electrons. The molecule has 0 bridgehead atoms. The molecule has 0 aliphatic carbocycles. The minimum absolute atomic E-state index is 0.596. The van der Waals surface area contributed by atoms with E-state index in [4.69, 9.17) is 0 Å². The molecule has 1 aromatic heterocycles. The van der Waals surface area contributed by atoms with Gasteiger partial charge in [-0.2, -0.15) is 0 Å². The van der Waals surface area contributed by atoms with Crippen molar-refractivity contribution < 1.29 is 0 Å². The van der Waals surface area contributed by atoms with Gasteiger partial charge < -0.3 is 10.2 Å². The van der Waals surface area contributed by atoms with Gasteiger partial charge in [-0.25, -0.2) is 0 Å². The molecule has 0 saturated carbocycles. The summed E-state index contributed by atoms with van der Waals surface area (Å²) in [4.78, 5) is 9.71. The lowest BCUT2D eigenvalue weighted by molar-refractivity contribution is 0.203. The fraction of sp³-hybridized carbons (Fsp3) is 0.688. The first-order valence-corrected chi connectivity index (χ1v) is 7.94. The third-order valence-corrected chi connectivity index (χ3v) is 4.63. The predicted molar refractivity (Wildman–Crippen MR) is 83.0 cm³/mol. The van der Waals surface area contributed by atoms with E-state index in [1.165, 1.54) is 38.2 Å². The number of piperazine rings is 1. The summed E-state index contributed by atoms with van der Waals surface area (Å²) in [6, 6.07) is 5.77. The molecule has 1 N–H and O–H groups in total. The quantitative estimate of drug-likeness (QED) is 0.908. The van der Waals surface area contributed by atoms with Crippen molar-refractivity contribution in [2.75, 3.05) is 31.1 Å². The first-order chi connectivity index (χ1) is 9.78. The number of nitrogens with one attached hydrogen (secondary N) is 1. The molecule has 0 amide bonds. The maximum absolute atomic E-state index is 4.46. The zero-order chi connectivity index (χ0) is 13.9. The Morgan fingerprint density at radius 2 is 2.30 bits per heavy atom. The molecule has 2 atom stereocenters. The van der Waals surface area contributed by atoms with Crippen LogP contribution in [0.25, 0.3) is 0 Å². The lowest BCUT2D eigenvalue weighted by Crippen LogP contribution is -2.55. The van der Waals surface area contributed by atoms with Crippen molar-refractivity contribution in [1.29, 1.82) is 0 Å². The summed E-state index contributed by atoms with van der Waals surface area (Å²) in [7, 11) is 0. The molecule has 3 heterocycles. The Balaban J connectivity index is 1.74. The van der Waals surface area contributed by atoms with E-state index in [9.17, 15) is 0 Å². The van der Waals surface area contributed by atoms with Crippen molar-refractivity contribution in [3.8, 4) is 0 Å². The first-order valence-electron chi connectivity index (χ1n) is 7.94. The lowest BCUT2D eigenvalue weighted by atomic mass is 10.1. The second kappa shape index (κ2) is 6.10. The molecule has 3 rings (SSSR count). The number of hydrogen-bond acceptors (Lipinski definition) is 4. The van der Waals surface area contributed by atoms with Crippen LogP contribution >= 0.6 is 0 Å².